The third kappa shape index (κ3) is 2.15. The van der Waals surface area contributed by atoms with Crippen LogP contribution in [0, 0.1) is 11.3 Å². The van der Waals surface area contributed by atoms with E-state index in [1.165, 1.54) is 6.26 Å². The van der Waals surface area contributed by atoms with Crippen LogP contribution in [0.4, 0.5) is 0 Å². The topological polar surface area (TPSA) is 67.6 Å². The van der Waals surface area contributed by atoms with Gasteiger partial charge in [-0.1, -0.05) is 11.2 Å². The van der Waals surface area contributed by atoms with Crippen LogP contribution in [0.15, 0.2) is 35.1 Å². The van der Waals surface area contributed by atoms with E-state index < -0.39 is 0 Å². The minimum atomic E-state index is 0.476. The molecule has 0 bridgehead atoms. The Morgan fingerprint density at radius 1 is 1.35 bits per heavy atom. The number of aryl methyl sites for hydroxylation is 1. The number of alkyl halides is 1. The molecule has 0 aliphatic heterocycles. The van der Waals surface area contributed by atoms with Gasteiger partial charge < -0.3 is 9.09 Å². The monoisotopic (exact) mass is 286 g/mol. The summed E-state index contributed by atoms with van der Waals surface area (Å²) in [5.41, 5.74) is 2.99. The van der Waals surface area contributed by atoms with Crippen LogP contribution in [-0.4, -0.2) is 20.6 Å². The second-order valence-electron chi connectivity index (χ2n) is 4.33. The highest BCUT2D eigenvalue weighted by atomic mass is 35.5. The molecule has 3 rings (SSSR count). The van der Waals surface area contributed by atoms with Gasteiger partial charge in [-0.15, -0.1) is 11.6 Å². The van der Waals surface area contributed by atoms with Crippen molar-refractivity contribution in [1.82, 2.24) is 14.7 Å². The standard InChI is InChI=1S/C14H11ClN4O/c15-6-4-13-17-14-10(8-16)2-1-3-12(14)19(13)9-11-5-7-20-18-11/h1-3,5,7H,4,6,9H2. The third-order valence-electron chi connectivity index (χ3n) is 3.11. The minimum absolute atomic E-state index is 0.476. The van der Waals surface area contributed by atoms with Crippen LogP contribution in [0.3, 0.4) is 0 Å². The number of imidazole rings is 1. The van der Waals surface area contributed by atoms with Crippen LogP contribution in [0.25, 0.3) is 11.0 Å². The Morgan fingerprint density at radius 3 is 2.95 bits per heavy atom. The van der Waals surface area contributed by atoms with Gasteiger partial charge in [0, 0.05) is 18.4 Å². The number of hydrogen-bond acceptors (Lipinski definition) is 4. The number of halogens is 1. The maximum Gasteiger partial charge on any atom is 0.124 e. The van der Waals surface area contributed by atoms with E-state index in [1.54, 1.807) is 6.07 Å². The second-order valence-corrected chi connectivity index (χ2v) is 4.71. The van der Waals surface area contributed by atoms with E-state index >= 15 is 0 Å². The van der Waals surface area contributed by atoms with E-state index in [-0.39, 0.29) is 0 Å². The molecule has 0 aliphatic carbocycles. The SMILES string of the molecule is N#Cc1cccc2c1nc(CCCl)n2Cc1ccon1. The average molecular weight is 287 g/mol. The van der Waals surface area contributed by atoms with E-state index in [0.717, 1.165) is 17.0 Å². The van der Waals surface area contributed by atoms with E-state index in [4.69, 9.17) is 21.4 Å². The number of rotatable bonds is 4. The summed E-state index contributed by atoms with van der Waals surface area (Å²) in [4.78, 5) is 4.55. The molecule has 0 unspecified atom stereocenters. The van der Waals surface area contributed by atoms with Crippen molar-refractivity contribution in [3.8, 4) is 6.07 Å². The molecule has 0 saturated heterocycles. The fourth-order valence-corrected chi connectivity index (χ4v) is 2.39. The number of aromatic nitrogens is 3. The van der Waals surface area contributed by atoms with Crippen molar-refractivity contribution in [2.75, 3.05) is 5.88 Å². The van der Waals surface area contributed by atoms with Gasteiger partial charge in [0.2, 0.25) is 0 Å². The highest BCUT2D eigenvalue weighted by Crippen LogP contribution is 2.21. The fraction of sp³-hybridized carbons (Fsp3) is 0.214. The maximum absolute atomic E-state index is 9.17. The number of hydrogen-bond donors (Lipinski definition) is 0. The zero-order valence-corrected chi connectivity index (χ0v) is 11.3. The first-order chi connectivity index (χ1) is 9.83. The summed E-state index contributed by atoms with van der Waals surface area (Å²) >= 11 is 5.84. The van der Waals surface area contributed by atoms with Crippen molar-refractivity contribution in [2.45, 2.75) is 13.0 Å². The van der Waals surface area contributed by atoms with Gasteiger partial charge in [-0.25, -0.2) is 4.98 Å². The van der Waals surface area contributed by atoms with Crippen LogP contribution in [-0.2, 0) is 13.0 Å². The molecule has 100 valence electrons. The smallest absolute Gasteiger partial charge is 0.124 e. The molecule has 5 nitrogen and oxygen atoms in total. The van der Waals surface area contributed by atoms with Crippen LogP contribution < -0.4 is 0 Å². The predicted octanol–water partition coefficient (Wildman–Crippen LogP) is 2.73. The Morgan fingerprint density at radius 2 is 2.25 bits per heavy atom. The molecule has 6 heteroatoms. The number of benzene rings is 1. The largest absolute Gasteiger partial charge is 0.364 e. The van der Waals surface area contributed by atoms with E-state index in [0.29, 0.717) is 29.9 Å². The van der Waals surface area contributed by atoms with Crippen molar-refractivity contribution in [3.05, 3.63) is 47.6 Å². The molecule has 0 radical (unpaired) electrons. The highest BCUT2D eigenvalue weighted by Gasteiger charge is 2.14. The molecular formula is C14H11ClN4O. The lowest BCUT2D eigenvalue weighted by Crippen LogP contribution is -2.06. The number of para-hydroxylation sites is 1. The van der Waals surface area contributed by atoms with Crippen LogP contribution in [0.5, 0.6) is 0 Å². The Kier molecular flexibility index (Phi) is 3.40. The molecule has 2 heterocycles. The Hall–Kier alpha value is -2.32. The summed E-state index contributed by atoms with van der Waals surface area (Å²) in [6.07, 6.45) is 2.18. The van der Waals surface area contributed by atoms with Gasteiger partial charge in [0.25, 0.3) is 0 Å². The molecule has 2 aromatic heterocycles. The Bertz CT molecular complexity index is 770. The van der Waals surface area contributed by atoms with Crippen LogP contribution >= 0.6 is 11.6 Å². The summed E-state index contributed by atoms with van der Waals surface area (Å²) in [7, 11) is 0. The highest BCUT2D eigenvalue weighted by molar-refractivity contribution is 6.17. The minimum Gasteiger partial charge on any atom is -0.364 e. The second kappa shape index (κ2) is 5.35. The van der Waals surface area contributed by atoms with Gasteiger partial charge in [0.05, 0.1) is 17.6 Å². The Balaban J connectivity index is 2.17. The summed E-state index contributed by atoms with van der Waals surface area (Å²) < 4.78 is 6.88. The Labute approximate surface area is 120 Å². The van der Waals surface area contributed by atoms with Crippen molar-refractivity contribution < 1.29 is 4.52 Å². The van der Waals surface area contributed by atoms with Crippen molar-refractivity contribution in [2.24, 2.45) is 0 Å². The summed E-state index contributed by atoms with van der Waals surface area (Å²) in [5, 5.41) is 13.1. The first-order valence-electron chi connectivity index (χ1n) is 6.17. The molecule has 0 saturated carbocycles. The zero-order valence-electron chi connectivity index (χ0n) is 10.6. The lowest BCUT2D eigenvalue weighted by molar-refractivity contribution is 0.409. The molecule has 0 fully saturated rings. The van der Waals surface area contributed by atoms with Gasteiger partial charge in [-0.2, -0.15) is 5.26 Å². The molecule has 3 aromatic rings. The summed E-state index contributed by atoms with van der Waals surface area (Å²) in [6.45, 7) is 0.550. The maximum atomic E-state index is 9.17. The van der Waals surface area contributed by atoms with Crippen LogP contribution in [0.2, 0.25) is 0 Å². The molecule has 0 N–H and O–H groups in total. The average Bonchev–Trinajstić information content (AvgIpc) is 3.08. The molecule has 0 amide bonds. The molecule has 1 aromatic carbocycles. The fourth-order valence-electron chi connectivity index (χ4n) is 2.22. The lowest BCUT2D eigenvalue weighted by atomic mass is 10.2. The lowest BCUT2D eigenvalue weighted by Gasteiger charge is -2.05. The quantitative estimate of drug-likeness (QED) is 0.692. The van der Waals surface area contributed by atoms with Gasteiger partial charge >= 0.3 is 0 Å². The molecule has 0 atom stereocenters. The first-order valence-corrected chi connectivity index (χ1v) is 6.70. The molecule has 20 heavy (non-hydrogen) atoms. The van der Waals surface area contributed by atoms with Gasteiger partial charge in [0.1, 0.15) is 29.4 Å². The summed E-state index contributed by atoms with van der Waals surface area (Å²) in [5.74, 6) is 1.32. The van der Waals surface area contributed by atoms with E-state index in [9.17, 15) is 0 Å². The van der Waals surface area contributed by atoms with Crippen molar-refractivity contribution in [3.63, 3.8) is 0 Å². The molecular weight excluding hydrogens is 276 g/mol. The predicted molar refractivity (Wildman–Crippen MR) is 74.5 cm³/mol. The number of fused-ring (bicyclic) bond motifs is 1. The van der Waals surface area contributed by atoms with Crippen molar-refractivity contribution in [1.29, 1.82) is 5.26 Å². The third-order valence-corrected chi connectivity index (χ3v) is 3.30. The van der Waals surface area contributed by atoms with Crippen LogP contribution in [0.1, 0.15) is 17.1 Å². The molecule has 0 aliphatic rings. The number of nitrogens with zero attached hydrogens (tertiary/aromatic N) is 4. The summed E-state index contributed by atoms with van der Waals surface area (Å²) in [6, 6.07) is 9.54. The van der Waals surface area contributed by atoms with Gasteiger partial charge in [0.15, 0.2) is 0 Å². The van der Waals surface area contributed by atoms with Gasteiger partial charge in [-0.05, 0) is 12.1 Å². The van der Waals surface area contributed by atoms with E-state index in [2.05, 4.69) is 16.2 Å². The zero-order chi connectivity index (χ0) is 13.9. The van der Waals surface area contributed by atoms with E-state index in [1.807, 2.05) is 22.8 Å². The van der Waals surface area contributed by atoms with Crippen molar-refractivity contribution >= 4 is 22.6 Å². The molecule has 0 spiro atoms. The first kappa shape index (κ1) is 12.7. The number of nitriles is 1. The van der Waals surface area contributed by atoms with Gasteiger partial charge in [-0.3, -0.25) is 0 Å². The normalized spacial score (nSPS) is 10.8.